The Kier molecular flexibility index (Phi) is 5.48. The highest BCUT2D eigenvalue weighted by atomic mass is 19.4. The number of likely N-dealkylation sites (tertiary alicyclic amines) is 1. The second-order valence-electron chi connectivity index (χ2n) is 6.61. The van der Waals surface area contributed by atoms with E-state index in [1.54, 1.807) is 20.8 Å². The summed E-state index contributed by atoms with van der Waals surface area (Å²) >= 11 is 0. The molecule has 1 amide bonds. The van der Waals surface area contributed by atoms with Gasteiger partial charge in [-0.1, -0.05) is 0 Å². The van der Waals surface area contributed by atoms with E-state index in [1.807, 2.05) is 0 Å². The first kappa shape index (κ1) is 18.7. The minimum Gasteiger partial charge on any atom is -0.444 e. The Hall–Kier alpha value is -1.31. The molecule has 128 valence electrons. The number of piperidine rings is 1. The van der Waals surface area contributed by atoms with Crippen molar-refractivity contribution >= 4 is 11.9 Å². The summed E-state index contributed by atoms with van der Waals surface area (Å²) in [5, 5.41) is 10.2. The summed E-state index contributed by atoms with van der Waals surface area (Å²) in [6.07, 6.45) is -6.14. The van der Waals surface area contributed by atoms with Crippen LogP contribution < -0.4 is 0 Å². The molecule has 0 saturated carbocycles. The first-order valence-corrected chi connectivity index (χ1v) is 7.13. The van der Waals surface area contributed by atoms with Gasteiger partial charge in [-0.15, -0.1) is 0 Å². The number of rotatable bonds is 3. The number of aliphatic hydroxyl groups is 1. The Morgan fingerprint density at radius 1 is 1.18 bits per heavy atom. The SMILES string of the molecule is CC(C)(C)OC(=O)N1CCC(O)(CCC(=O)C(F)(F)F)CC1. The second kappa shape index (κ2) is 6.44. The maximum absolute atomic E-state index is 12.2. The van der Waals surface area contributed by atoms with E-state index in [2.05, 4.69) is 0 Å². The molecule has 1 heterocycles. The van der Waals surface area contributed by atoms with Crippen LogP contribution >= 0.6 is 0 Å². The Morgan fingerprint density at radius 2 is 1.68 bits per heavy atom. The van der Waals surface area contributed by atoms with Gasteiger partial charge >= 0.3 is 12.3 Å². The topological polar surface area (TPSA) is 66.8 Å². The van der Waals surface area contributed by atoms with Crippen molar-refractivity contribution < 1.29 is 32.6 Å². The summed E-state index contributed by atoms with van der Waals surface area (Å²) in [4.78, 5) is 24.1. The van der Waals surface area contributed by atoms with E-state index in [9.17, 15) is 27.9 Å². The number of hydrogen-bond donors (Lipinski definition) is 1. The lowest BCUT2D eigenvalue weighted by molar-refractivity contribution is -0.172. The number of halogens is 3. The van der Waals surface area contributed by atoms with Crippen LogP contribution in [0.1, 0.15) is 46.5 Å². The smallest absolute Gasteiger partial charge is 0.444 e. The molecular formula is C14H22F3NO4. The fraction of sp³-hybridized carbons (Fsp3) is 0.857. The van der Waals surface area contributed by atoms with Gasteiger partial charge in [-0.3, -0.25) is 4.79 Å². The van der Waals surface area contributed by atoms with Gasteiger partial charge in [0.1, 0.15) is 5.60 Å². The Morgan fingerprint density at radius 3 is 2.09 bits per heavy atom. The van der Waals surface area contributed by atoms with Crippen LogP contribution in [0.3, 0.4) is 0 Å². The van der Waals surface area contributed by atoms with Crippen molar-refractivity contribution in [1.82, 2.24) is 4.90 Å². The molecular weight excluding hydrogens is 303 g/mol. The number of Topliss-reactive ketones (excluding diaryl/α,β-unsaturated/α-hetero) is 1. The van der Waals surface area contributed by atoms with Gasteiger partial charge in [-0.2, -0.15) is 13.2 Å². The largest absolute Gasteiger partial charge is 0.449 e. The van der Waals surface area contributed by atoms with E-state index >= 15 is 0 Å². The van der Waals surface area contributed by atoms with Crippen LogP contribution in [0.25, 0.3) is 0 Å². The molecule has 0 aliphatic carbocycles. The normalized spacial score (nSPS) is 19.0. The third-order valence-corrected chi connectivity index (χ3v) is 3.48. The van der Waals surface area contributed by atoms with E-state index in [0.717, 1.165) is 0 Å². The predicted octanol–water partition coefficient (Wildman–Crippen LogP) is 2.66. The van der Waals surface area contributed by atoms with Crippen molar-refractivity contribution in [2.24, 2.45) is 0 Å². The van der Waals surface area contributed by atoms with Crippen molar-refractivity contribution in [3.63, 3.8) is 0 Å². The van der Waals surface area contributed by atoms with E-state index in [1.165, 1.54) is 4.90 Å². The van der Waals surface area contributed by atoms with E-state index in [4.69, 9.17) is 4.74 Å². The molecule has 1 rings (SSSR count). The van der Waals surface area contributed by atoms with E-state index in [0.29, 0.717) is 0 Å². The average Bonchev–Trinajstić information content (AvgIpc) is 2.33. The maximum atomic E-state index is 12.2. The minimum atomic E-state index is -4.87. The van der Waals surface area contributed by atoms with Gasteiger partial charge < -0.3 is 14.7 Å². The van der Waals surface area contributed by atoms with E-state index < -0.39 is 35.7 Å². The molecule has 22 heavy (non-hydrogen) atoms. The summed E-state index contributed by atoms with van der Waals surface area (Å²) in [5.41, 5.74) is -1.98. The molecule has 8 heteroatoms. The fourth-order valence-electron chi connectivity index (χ4n) is 2.17. The molecule has 1 fully saturated rings. The van der Waals surface area contributed by atoms with Crippen molar-refractivity contribution in [3.05, 3.63) is 0 Å². The Labute approximate surface area is 127 Å². The molecule has 0 aromatic rings. The van der Waals surface area contributed by atoms with Crippen molar-refractivity contribution in [3.8, 4) is 0 Å². The Bertz CT molecular complexity index is 421. The lowest BCUT2D eigenvalue weighted by Gasteiger charge is -2.38. The van der Waals surface area contributed by atoms with Crippen LogP contribution in [-0.2, 0) is 9.53 Å². The van der Waals surface area contributed by atoms with Crippen molar-refractivity contribution in [2.75, 3.05) is 13.1 Å². The van der Waals surface area contributed by atoms with Crippen LogP contribution in [0, 0.1) is 0 Å². The molecule has 0 unspecified atom stereocenters. The van der Waals surface area contributed by atoms with Gasteiger partial charge in [-0.25, -0.2) is 4.79 Å². The lowest BCUT2D eigenvalue weighted by Crippen LogP contribution is -2.48. The zero-order valence-corrected chi connectivity index (χ0v) is 13.0. The Balaban J connectivity index is 2.47. The van der Waals surface area contributed by atoms with Gasteiger partial charge in [0, 0.05) is 19.5 Å². The van der Waals surface area contributed by atoms with Crippen LogP contribution in [0.2, 0.25) is 0 Å². The first-order chi connectivity index (χ1) is 9.82. The molecule has 1 N–H and O–H groups in total. The predicted molar refractivity (Wildman–Crippen MR) is 72.3 cm³/mol. The molecule has 5 nitrogen and oxygen atoms in total. The summed E-state index contributed by atoms with van der Waals surface area (Å²) in [6, 6.07) is 0. The molecule has 0 bridgehead atoms. The zero-order valence-electron chi connectivity index (χ0n) is 13.0. The molecule has 1 aliphatic rings. The fourth-order valence-corrected chi connectivity index (χ4v) is 2.17. The molecule has 1 aliphatic heterocycles. The van der Waals surface area contributed by atoms with Crippen LogP contribution in [0.15, 0.2) is 0 Å². The summed E-state index contributed by atoms with van der Waals surface area (Å²) in [5.74, 6) is -1.84. The van der Waals surface area contributed by atoms with Gasteiger partial charge in [0.15, 0.2) is 0 Å². The summed E-state index contributed by atoms with van der Waals surface area (Å²) in [6.45, 7) is 5.56. The highest BCUT2D eigenvalue weighted by Gasteiger charge is 2.41. The molecule has 0 radical (unpaired) electrons. The van der Waals surface area contributed by atoms with Gasteiger partial charge in [-0.05, 0) is 40.0 Å². The van der Waals surface area contributed by atoms with Gasteiger partial charge in [0.25, 0.3) is 0 Å². The molecule has 1 saturated heterocycles. The van der Waals surface area contributed by atoms with E-state index in [-0.39, 0.29) is 32.4 Å². The molecule has 0 aromatic carbocycles. The maximum Gasteiger partial charge on any atom is 0.449 e. The number of ether oxygens (including phenoxy) is 1. The van der Waals surface area contributed by atoms with Crippen LogP contribution in [0.4, 0.5) is 18.0 Å². The number of carbonyl (C=O) groups excluding carboxylic acids is 2. The highest BCUT2D eigenvalue weighted by Crippen LogP contribution is 2.29. The molecule has 0 aromatic heterocycles. The number of nitrogens with zero attached hydrogens (tertiary/aromatic N) is 1. The number of alkyl halides is 3. The van der Waals surface area contributed by atoms with Gasteiger partial charge in [0.2, 0.25) is 5.78 Å². The third kappa shape index (κ3) is 5.82. The van der Waals surface area contributed by atoms with Crippen LogP contribution in [0.5, 0.6) is 0 Å². The monoisotopic (exact) mass is 325 g/mol. The summed E-state index contributed by atoms with van der Waals surface area (Å²) < 4.78 is 41.6. The highest BCUT2D eigenvalue weighted by molar-refractivity contribution is 5.84. The van der Waals surface area contributed by atoms with Gasteiger partial charge in [0.05, 0.1) is 5.60 Å². The number of carbonyl (C=O) groups is 2. The molecule has 0 spiro atoms. The van der Waals surface area contributed by atoms with Crippen LogP contribution in [-0.4, -0.2) is 52.4 Å². The zero-order chi connectivity index (χ0) is 17.2. The minimum absolute atomic E-state index is 0.122. The lowest BCUT2D eigenvalue weighted by atomic mass is 9.86. The number of amides is 1. The number of hydrogen-bond acceptors (Lipinski definition) is 4. The standard InChI is InChI=1S/C14H22F3NO4/c1-12(2,3)22-11(20)18-8-6-13(21,7-9-18)5-4-10(19)14(15,16)17/h21H,4-9H2,1-3H3. The first-order valence-electron chi connectivity index (χ1n) is 7.13. The van der Waals surface area contributed by atoms with Crippen molar-refractivity contribution in [1.29, 1.82) is 0 Å². The summed E-state index contributed by atoms with van der Waals surface area (Å²) in [7, 11) is 0. The average molecular weight is 325 g/mol. The third-order valence-electron chi connectivity index (χ3n) is 3.48. The molecule has 0 atom stereocenters. The van der Waals surface area contributed by atoms with Crippen molar-refractivity contribution in [2.45, 2.75) is 63.8 Å². The second-order valence-corrected chi connectivity index (χ2v) is 6.61. The quantitative estimate of drug-likeness (QED) is 0.866. The number of ketones is 1.